The number of alkyl halides is 2. The van der Waals surface area contributed by atoms with Crippen molar-refractivity contribution in [3.63, 3.8) is 0 Å². The van der Waals surface area contributed by atoms with Gasteiger partial charge in [-0.15, -0.1) is 0 Å². The van der Waals surface area contributed by atoms with E-state index in [0.717, 1.165) is 17.8 Å². The fraction of sp³-hybridized carbons (Fsp3) is 0.533. The summed E-state index contributed by atoms with van der Waals surface area (Å²) < 4.78 is 28.6. The van der Waals surface area contributed by atoms with E-state index < -0.39 is 12.1 Å². The topological polar surface area (TPSA) is 64.7 Å². The van der Waals surface area contributed by atoms with Gasteiger partial charge in [0, 0.05) is 18.3 Å². The molecule has 0 saturated heterocycles. The Morgan fingerprint density at radius 2 is 2.04 bits per heavy atom. The van der Waals surface area contributed by atoms with Crippen molar-refractivity contribution in [2.45, 2.75) is 53.3 Å². The van der Waals surface area contributed by atoms with Gasteiger partial charge in [0.05, 0.1) is 22.5 Å². The lowest BCUT2D eigenvalue weighted by molar-refractivity contribution is -0.122. The molecule has 6 nitrogen and oxygen atoms in total. The van der Waals surface area contributed by atoms with Gasteiger partial charge in [0.25, 0.3) is 6.43 Å². The number of rotatable bonds is 6. The molecule has 1 atom stereocenters. The molecule has 2 heterocycles. The maximum absolute atomic E-state index is 12.8. The monoisotopic (exact) mass is 359 g/mol. The molecular weight excluding hydrogens is 340 g/mol. The van der Waals surface area contributed by atoms with E-state index in [1.165, 1.54) is 4.68 Å². The van der Waals surface area contributed by atoms with Gasteiger partial charge in [-0.2, -0.15) is 10.2 Å². The summed E-state index contributed by atoms with van der Waals surface area (Å²) in [7, 11) is 0. The van der Waals surface area contributed by atoms with E-state index in [0.29, 0.717) is 5.69 Å². The molecule has 2 aromatic rings. The first kappa shape index (κ1) is 18.4. The van der Waals surface area contributed by atoms with E-state index in [1.54, 1.807) is 11.6 Å². The first-order valence-corrected chi connectivity index (χ1v) is 7.96. The van der Waals surface area contributed by atoms with Gasteiger partial charge >= 0.3 is 0 Å². The summed E-state index contributed by atoms with van der Waals surface area (Å²) in [6.45, 7) is 7.80. The number of aryl methyl sites for hydroxylation is 2. The van der Waals surface area contributed by atoms with Crippen LogP contribution in [0.15, 0.2) is 6.20 Å². The zero-order valence-corrected chi connectivity index (χ0v) is 14.7. The van der Waals surface area contributed by atoms with Crippen LogP contribution in [-0.4, -0.2) is 25.5 Å². The van der Waals surface area contributed by atoms with Gasteiger partial charge in [-0.1, -0.05) is 11.6 Å². The molecule has 0 aliphatic heterocycles. The van der Waals surface area contributed by atoms with Crippen LogP contribution in [0.2, 0.25) is 5.02 Å². The van der Waals surface area contributed by atoms with Crippen LogP contribution in [0.25, 0.3) is 0 Å². The Kier molecular flexibility index (Phi) is 5.58. The van der Waals surface area contributed by atoms with Crippen LogP contribution in [0, 0.1) is 13.8 Å². The third-order valence-electron chi connectivity index (χ3n) is 3.81. The smallest absolute Gasteiger partial charge is 0.283 e. The highest BCUT2D eigenvalue weighted by molar-refractivity contribution is 6.31. The predicted molar refractivity (Wildman–Crippen MR) is 86.1 cm³/mol. The first-order chi connectivity index (χ1) is 11.2. The summed E-state index contributed by atoms with van der Waals surface area (Å²) in [6, 6.07) is -0.251. The molecule has 1 unspecified atom stereocenters. The summed E-state index contributed by atoms with van der Waals surface area (Å²) in [5, 5.41) is 10.8. The molecule has 9 heteroatoms. The molecular formula is C15H20ClF2N5O. The summed E-state index contributed by atoms with van der Waals surface area (Å²) in [5.41, 5.74) is 1.58. The highest BCUT2D eigenvalue weighted by atomic mass is 35.5. The molecule has 132 valence electrons. The van der Waals surface area contributed by atoms with E-state index >= 15 is 0 Å². The number of halogens is 3. The van der Waals surface area contributed by atoms with Gasteiger partial charge in [-0.25, -0.2) is 8.78 Å². The molecule has 0 radical (unpaired) electrons. The Labute approximate surface area is 143 Å². The van der Waals surface area contributed by atoms with Crippen LogP contribution in [0.3, 0.4) is 0 Å². The van der Waals surface area contributed by atoms with Crippen molar-refractivity contribution in [1.29, 1.82) is 0 Å². The largest absolute Gasteiger partial charge is 0.348 e. The second-order valence-corrected chi connectivity index (χ2v) is 5.94. The van der Waals surface area contributed by atoms with Crippen molar-refractivity contribution in [1.82, 2.24) is 24.9 Å². The zero-order chi connectivity index (χ0) is 18.0. The summed E-state index contributed by atoms with van der Waals surface area (Å²) in [5.74, 6) is -0.339. The first-order valence-electron chi connectivity index (χ1n) is 7.58. The number of hydrogen-bond acceptors (Lipinski definition) is 3. The predicted octanol–water partition coefficient (Wildman–Crippen LogP) is 3.18. The SMILES string of the molecule is CCn1cc(C(C)NC(=O)Cn2nc(C(F)F)c(Cl)c2C)c(C)n1. The lowest BCUT2D eigenvalue weighted by Crippen LogP contribution is -2.31. The maximum Gasteiger partial charge on any atom is 0.283 e. The van der Waals surface area contributed by atoms with Crippen LogP contribution >= 0.6 is 11.6 Å². The fourth-order valence-electron chi connectivity index (χ4n) is 2.46. The number of amides is 1. The van der Waals surface area contributed by atoms with Gasteiger partial charge in [-0.3, -0.25) is 14.2 Å². The van der Waals surface area contributed by atoms with E-state index in [9.17, 15) is 13.6 Å². The lowest BCUT2D eigenvalue weighted by atomic mass is 10.1. The number of carbonyl (C=O) groups is 1. The molecule has 0 saturated carbocycles. The normalized spacial score (nSPS) is 12.7. The number of nitrogens with one attached hydrogen (secondary N) is 1. The van der Waals surface area contributed by atoms with Crippen LogP contribution in [-0.2, 0) is 17.9 Å². The molecule has 0 aromatic carbocycles. The minimum absolute atomic E-state index is 0.106. The van der Waals surface area contributed by atoms with Gasteiger partial charge < -0.3 is 5.32 Å². The lowest BCUT2D eigenvalue weighted by Gasteiger charge is -2.13. The quantitative estimate of drug-likeness (QED) is 0.861. The Morgan fingerprint density at radius 1 is 1.38 bits per heavy atom. The van der Waals surface area contributed by atoms with Crippen LogP contribution < -0.4 is 5.32 Å². The standard InChI is InChI=1S/C15H20ClF2N5O/c1-5-22-6-11(9(3)20-22)8(2)19-12(24)7-23-10(4)13(16)14(21-23)15(17)18/h6,8,15H,5,7H2,1-4H3,(H,19,24). The fourth-order valence-corrected chi connectivity index (χ4v) is 2.68. The van der Waals surface area contributed by atoms with Crippen molar-refractivity contribution in [2.24, 2.45) is 0 Å². The number of nitrogens with zero attached hydrogens (tertiary/aromatic N) is 4. The average molecular weight is 360 g/mol. The minimum atomic E-state index is -2.78. The van der Waals surface area contributed by atoms with Crippen LogP contribution in [0.1, 0.15) is 49.0 Å². The average Bonchev–Trinajstić information content (AvgIpc) is 3.02. The molecule has 0 aliphatic carbocycles. The van der Waals surface area contributed by atoms with Crippen molar-refractivity contribution >= 4 is 17.5 Å². The van der Waals surface area contributed by atoms with Crippen molar-refractivity contribution in [2.75, 3.05) is 0 Å². The van der Waals surface area contributed by atoms with Gasteiger partial charge in [0.2, 0.25) is 5.91 Å². The van der Waals surface area contributed by atoms with E-state index in [4.69, 9.17) is 11.6 Å². The molecule has 0 aliphatic rings. The van der Waals surface area contributed by atoms with Gasteiger partial charge in [-0.05, 0) is 27.7 Å². The van der Waals surface area contributed by atoms with Gasteiger partial charge in [0.15, 0.2) is 0 Å². The summed E-state index contributed by atoms with van der Waals surface area (Å²) in [4.78, 5) is 12.2. The summed E-state index contributed by atoms with van der Waals surface area (Å²) >= 11 is 5.83. The molecule has 1 N–H and O–H groups in total. The number of hydrogen-bond donors (Lipinski definition) is 1. The molecule has 0 spiro atoms. The highest BCUT2D eigenvalue weighted by Crippen LogP contribution is 2.28. The van der Waals surface area contributed by atoms with E-state index in [2.05, 4.69) is 15.5 Å². The van der Waals surface area contributed by atoms with Gasteiger partial charge in [0.1, 0.15) is 12.2 Å². The Bertz CT molecular complexity index is 741. The molecule has 0 bridgehead atoms. The second kappa shape index (κ2) is 7.29. The zero-order valence-electron chi connectivity index (χ0n) is 14.0. The molecule has 1 amide bonds. The third-order valence-corrected chi connectivity index (χ3v) is 4.28. The Morgan fingerprint density at radius 3 is 2.54 bits per heavy atom. The van der Waals surface area contributed by atoms with Crippen LogP contribution in [0.4, 0.5) is 8.78 Å². The van der Waals surface area contributed by atoms with Crippen molar-refractivity contribution in [3.05, 3.63) is 33.9 Å². The summed E-state index contributed by atoms with van der Waals surface area (Å²) in [6.07, 6.45) is -0.896. The number of aromatic nitrogens is 4. The third kappa shape index (κ3) is 3.75. The minimum Gasteiger partial charge on any atom is -0.348 e. The Balaban J connectivity index is 2.08. The molecule has 2 rings (SSSR count). The number of carbonyl (C=O) groups excluding carboxylic acids is 1. The molecule has 24 heavy (non-hydrogen) atoms. The van der Waals surface area contributed by atoms with Crippen LogP contribution in [0.5, 0.6) is 0 Å². The maximum atomic E-state index is 12.8. The van der Waals surface area contributed by atoms with E-state index in [-0.39, 0.29) is 23.5 Å². The van der Waals surface area contributed by atoms with E-state index in [1.807, 2.05) is 27.0 Å². The molecule has 2 aromatic heterocycles. The molecule has 0 fully saturated rings. The Hall–Kier alpha value is -1.96. The van der Waals surface area contributed by atoms with Crippen molar-refractivity contribution < 1.29 is 13.6 Å². The second-order valence-electron chi connectivity index (χ2n) is 5.56. The highest BCUT2D eigenvalue weighted by Gasteiger charge is 2.22. The van der Waals surface area contributed by atoms with Crippen molar-refractivity contribution in [3.8, 4) is 0 Å².